The molecule has 0 saturated carbocycles. The Labute approximate surface area is 154 Å². The molecular formula is C18H19F3N2O4. The van der Waals surface area contributed by atoms with Crippen LogP contribution >= 0.6 is 0 Å². The lowest BCUT2D eigenvalue weighted by Crippen LogP contribution is -2.18. The molecule has 0 aromatic heterocycles. The van der Waals surface area contributed by atoms with E-state index in [0.717, 1.165) is 12.1 Å². The van der Waals surface area contributed by atoms with Crippen LogP contribution in [0.25, 0.3) is 0 Å². The summed E-state index contributed by atoms with van der Waals surface area (Å²) in [6.07, 6.45) is -4.81. The maximum atomic E-state index is 12.8. The van der Waals surface area contributed by atoms with Gasteiger partial charge in [-0.25, -0.2) is 0 Å². The zero-order valence-electron chi connectivity index (χ0n) is 14.7. The fraction of sp³-hybridized carbons (Fsp3) is 0.333. The number of nitrogens with zero attached hydrogens (tertiary/aromatic N) is 1. The molecule has 0 saturated heterocycles. The number of rotatable bonds is 8. The predicted octanol–water partition coefficient (Wildman–Crippen LogP) is 5.16. The normalized spacial score (nSPS) is 12.5. The second-order valence-electron chi connectivity index (χ2n) is 5.72. The number of nitro benzene ring substituents is 1. The third-order valence-electron chi connectivity index (χ3n) is 3.55. The van der Waals surface area contributed by atoms with Crippen LogP contribution in [0.15, 0.2) is 42.5 Å². The lowest BCUT2D eigenvalue weighted by Gasteiger charge is -2.15. The van der Waals surface area contributed by atoms with Crippen LogP contribution in [0.4, 0.5) is 30.2 Å². The molecule has 0 bridgehead atoms. The molecule has 0 aliphatic heterocycles. The zero-order valence-corrected chi connectivity index (χ0v) is 14.7. The number of anilines is 2. The summed E-state index contributed by atoms with van der Waals surface area (Å²) < 4.78 is 49.2. The van der Waals surface area contributed by atoms with Crippen molar-refractivity contribution in [3.63, 3.8) is 0 Å². The van der Waals surface area contributed by atoms with Crippen LogP contribution in [0.5, 0.6) is 5.75 Å². The Kier molecular flexibility index (Phi) is 6.62. The van der Waals surface area contributed by atoms with E-state index in [0.29, 0.717) is 30.7 Å². The third-order valence-corrected chi connectivity index (χ3v) is 3.55. The molecule has 0 spiro atoms. The van der Waals surface area contributed by atoms with E-state index in [1.54, 1.807) is 24.3 Å². The molecule has 2 aromatic carbocycles. The monoisotopic (exact) mass is 384 g/mol. The molecule has 0 aliphatic carbocycles. The number of nitrogens with one attached hydrogen (secondary N) is 1. The summed E-state index contributed by atoms with van der Waals surface area (Å²) >= 11 is 0. The number of benzene rings is 2. The first-order chi connectivity index (χ1) is 12.7. The number of ether oxygens (including phenoxy) is 2. The molecule has 0 aliphatic rings. The van der Waals surface area contributed by atoms with Crippen molar-refractivity contribution in [3.8, 4) is 5.75 Å². The molecular weight excluding hydrogens is 365 g/mol. The molecule has 1 unspecified atom stereocenters. The van der Waals surface area contributed by atoms with E-state index in [4.69, 9.17) is 9.47 Å². The van der Waals surface area contributed by atoms with Gasteiger partial charge in [-0.1, -0.05) is 0 Å². The van der Waals surface area contributed by atoms with E-state index >= 15 is 0 Å². The number of hydrogen-bond donors (Lipinski definition) is 1. The summed E-state index contributed by atoms with van der Waals surface area (Å²) in [5.74, 6) is 0.578. The maximum Gasteiger partial charge on any atom is 0.416 e. The van der Waals surface area contributed by atoms with E-state index < -0.39 is 22.4 Å². The lowest BCUT2D eigenvalue weighted by molar-refractivity contribution is -0.384. The van der Waals surface area contributed by atoms with Crippen LogP contribution in [-0.4, -0.2) is 24.2 Å². The van der Waals surface area contributed by atoms with Gasteiger partial charge < -0.3 is 14.8 Å². The van der Waals surface area contributed by atoms with Gasteiger partial charge in [0.15, 0.2) is 0 Å². The first-order valence-corrected chi connectivity index (χ1v) is 8.17. The molecule has 0 radical (unpaired) electrons. The Balaban J connectivity index is 2.13. The lowest BCUT2D eigenvalue weighted by atomic mass is 10.1. The molecule has 9 heteroatoms. The topological polar surface area (TPSA) is 73.6 Å². The van der Waals surface area contributed by atoms with Crippen LogP contribution in [-0.2, 0) is 10.9 Å². The van der Waals surface area contributed by atoms with Gasteiger partial charge in [-0.3, -0.25) is 10.1 Å². The van der Waals surface area contributed by atoms with Crippen molar-refractivity contribution in [1.82, 2.24) is 0 Å². The van der Waals surface area contributed by atoms with Crippen LogP contribution < -0.4 is 10.1 Å². The molecule has 0 fully saturated rings. The molecule has 1 atom stereocenters. The highest BCUT2D eigenvalue weighted by atomic mass is 19.4. The highest BCUT2D eigenvalue weighted by Gasteiger charge is 2.33. The molecule has 6 nitrogen and oxygen atoms in total. The standard InChI is InChI=1S/C18H19F3N2O4/c1-3-26-11-12(2)27-15-7-5-14(6-8-15)22-16-9-4-13(18(19,20)21)10-17(16)23(24)25/h4-10,12,22H,3,11H2,1-2H3. The van der Waals surface area contributed by atoms with Crippen LogP contribution in [0.1, 0.15) is 19.4 Å². The van der Waals surface area contributed by atoms with Crippen molar-refractivity contribution in [2.24, 2.45) is 0 Å². The second-order valence-corrected chi connectivity index (χ2v) is 5.72. The van der Waals surface area contributed by atoms with Crippen molar-refractivity contribution in [2.75, 3.05) is 18.5 Å². The maximum absolute atomic E-state index is 12.8. The summed E-state index contributed by atoms with van der Waals surface area (Å²) in [6, 6.07) is 8.88. The predicted molar refractivity (Wildman–Crippen MR) is 94.4 cm³/mol. The molecule has 2 aromatic rings. The molecule has 1 N–H and O–H groups in total. The average molecular weight is 384 g/mol. The highest BCUT2D eigenvalue weighted by Crippen LogP contribution is 2.36. The number of halogens is 3. The fourth-order valence-electron chi connectivity index (χ4n) is 2.29. The summed E-state index contributed by atoms with van der Waals surface area (Å²) in [7, 11) is 0. The van der Waals surface area contributed by atoms with Gasteiger partial charge in [-0.05, 0) is 50.2 Å². The van der Waals surface area contributed by atoms with Crippen LogP contribution in [0.2, 0.25) is 0 Å². The van der Waals surface area contributed by atoms with Crippen molar-refractivity contribution < 1.29 is 27.6 Å². The Bertz CT molecular complexity index is 779. The first kappa shape index (κ1) is 20.5. The molecule has 0 amide bonds. The molecule has 146 valence electrons. The van der Waals surface area contributed by atoms with Gasteiger partial charge in [0.05, 0.1) is 17.1 Å². The van der Waals surface area contributed by atoms with E-state index in [-0.39, 0.29) is 11.8 Å². The van der Waals surface area contributed by atoms with E-state index in [9.17, 15) is 23.3 Å². The number of hydrogen-bond acceptors (Lipinski definition) is 5. The van der Waals surface area contributed by atoms with Gasteiger partial charge in [-0.2, -0.15) is 13.2 Å². The van der Waals surface area contributed by atoms with Crippen molar-refractivity contribution >= 4 is 17.1 Å². The van der Waals surface area contributed by atoms with E-state index in [1.807, 2.05) is 13.8 Å². The first-order valence-electron chi connectivity index (χ1n) is 8.17. The van der Waals surface area contributed by atoms with Crippen molar-refractivity contribution in [2.45, 2.75) is 26.1 Å². The fourth-order valence-corrected chi connectivity index (χ4v) is 2.29. The summed E-state index contributed by atoms with van der Waals surface area (Å²) in [4.78, 5) is 10.3. The SMILES string of the molecule is CCOCC(C)Oc1ccc(Nc2ccc(C(F)(F)F)cc2[N+](=O)[O-])cc1. The zero-order chi connectivity index (χ0) is 20.0. The molecule has 27 heavy (non-hydrogen) atoms. The van der Waals surface area contributed by atoms with E-state index in [1.165, 1.54) is 0 Å². The average Bonchev–Trinajstić information content (AvgIpc) is 2.60. The highest BCUT2D eigenvalue weighted by molar-refractivity contribution is 5.70. The van der Waals surface area contributed by atoms with Gasteiger partial charge in [0.1, 0.15) is 17.5 Å². The van der Waals surface area contributed by atoms with Crippen LogP contribution in [0.3, 0.4) is 0 Å². The summed E-state index contributed by atoms with van der Waals surface area (Å²) in [6.45, 7) is 4.76. The minimum atomic E-state index is -4.65. The Morgan fingerprint density at radius 1 is 1.19 bits per heavy atom. The summed E-state index contributed by atoms with van der Waals surface area (Å²) in [5, 5.41) is 13.9. The summed E-state index contributed by atoms with van der Waals surface area (Å²) in [5.41, 5.74) is -1.30. The molecule has 2 rings (SSSR count). The smallest absolute Gasteiger partial charge is 0.416 e. The van der Waals surface area contributed by atoms with Crippen LogP contribution in [0, 0.1) is 10.1 Å². The van der Waals surface area contributed by atoms with Crippen molar-refractivity contribution in [3.05, 3.63) is 58.1 Å². The Morgan fingerprint density at radius 2 is 1.85 bits per heavy atom. The minimum Gasteiger partial charge on any atom is -0.488 e. The van der Waals surface area contributed by atoms with Gasteiger partial charge in [-0.15, -0.1) is 0 Å². The van der Waals surface area contributed by atoms with Gasteiger partial charge in [0.2, 0.25) is 0 Å². The number of alkyl halides is 3. The largest absolute Gasteiger partial charge is 0.488 e. The van der Waals surface area contributed by atoms with E-state index in [2.05, 4.69) is 5.32 Å². The Morgan fingerprint density at radius 3 is 2.41 bits per heavy atom. The number of nitro groups is 1. The van der Waals surface area contributed by atoms with Gasteiger partial charge in [0.25, 0.3) is 5.69 Å². The quantitative estimate of drug-likeness (QED) is 0.503. The third kappa shape index (κ3) is 5.85. The van der Waals surface area contributed by atoms with Gasteiger partial charge >= 0.3 is 6.18 Å². The van der Waals surface area contributed by atoms with Crippen molar-refractivity contribution in [1.29, 1.82) is 0 Å². The van der Waals surface area contributed by atoms with Gasteiger partial charge in [0, 0.05) is 18.4 Å². The second kappa shape index (κ2) is 8.72. The Hall–Kier alpha value is -2.81. The molecule has 0 heterocycles. The minimum absolute atomic E-state index is 0.0358.